The van der Waals surface area contributed by atoms with Gasteiger partial charge in [0.25, 0.3) is 5.91 Å². The monoisotopic (exact) mass is 369 g/mol. The number of rotatable bonds is 6. The summed E-state index contributed by atoms with van der Waals surface area (Å²) in [4.78, 5) is 16.1. The van der Waals surface area contributed by atoms with Gasteiger partial charge < -0.3 is 18.8 Å². The fourth-order valence-electron chi connectivity index (χ4n) is 2.90. The van der Waals surface area contributed by atoms with Crippen molar-refractivity contribution in [2.75, 3.05) is 13.2 Å². The Bertz CT molecular complexity index is 845. The Labute approximate surface area is 155 Å². The molecule has 0 unspecified atom stereocenters. The topological polar surface area (TPSA) is 51.9 Å². The van der Waals surface area contributed by atoms with E-state index in [0.29, 0.717) is 24.6 Å². The predicted molar refractivity (Wildman–Crippen MR) is 98.5 cm³/mol. The number of ether oxygens (including phenoxy) is 2. The lowest BCUT2D eigenvalue weighted by atomic mass is 10.2. The molecule has 6 heteroatoms. The van der Waals surface area contributed by atoms with Crippen molar-refractivity contribution >= 4 is 17.2 Å². The predicted octanol–water partition coefficient (Wildman–Crippen LogP) is 3.75. The smallest absolute Gasteiger partial charge is 0.267 e. The summed E-state index contributed by atoms with van der Waals surface area (Å²) < 4.78 is 17.0. The summed E-state index contributed by atoms with van der Waals surface area (Å²) in [5.74, 6) is 1.94. The number of nitrogens with zero attached hydrogens (tertiary/aromatic N) is 1. The van der Waals surface area contributed by atoms with E-state index in [2.05, 4.69) is 6.07 Å². The Morgan fingerprint density at radius 3 is 2.77 bits per heavy atom. The fraction of sp³-hybridized carbons (Fsp3) is 0.250. The van der Waals surface area contributed by atoms with Crippen molar-refractivity contribution in [1.29, 1.82) is 0 Å². The minimum atomic E-state index is -0.650. The first-order valence-electron chi connectivity index (χ1n) is 8.51. The van der Waals surface area contributed by atoms with E-state index >= 15 is 0 Å². The molecule has 0 saturated carbocycles. The number of hydrogen-bond donors (Lipinski definition) is 0. The van der Waals surface area contributed by atoms with E-state index in [4.69, 9.17) is 13.9 Å². The normalized spacial score (nSPS) is 15.6. The minimum absolute atomic E-state index is 0.0903. The molecule has 1 atom stereocenters. The highest BCUT2D eigenvalue weighted by Gasteiger charge is 2.31. The average Bonchev–Trinajstić information content (AvgIpc) is 3.38. The lowest BCUT2D eigenvalue weighted by Crippen LogP contribution is -2.46. The molecule has 5 nitrogen and oxygen atoms in total. The van der Waals surface area contributed by atoms with Gasteiger partial charge in [-0.15, -0.1) is 11.3 Å². The van der Waals surface area contributed by atoms with Crippen molar-refractivity contribution in [1.82, 2.24) is 4.90 Å². The molecule has 2 aromatic heterocycles. The number of thiophene rings is 1. The molecule has 1 aliphatic heterocycles. The Hall–Kier alpha value is -2.73. The van der Waals surface area contributed by atoms with Gasteiger partial charge >= 0.3 is 0 Å². The maximum absolute atomic E-state index is 13.1. The van der Waals surface area contributed by atoms with Gasteiger partial charge in [-0.25, -0.2) is 0 Å². The number of benzene rings is 1. The largest absolute Gasteiger partial charge is 0.485 e. The molecule has 0 saturated heterocycles. The summed E-state index contributed by atoms with van der Waals surface area (Å²) >= 11 is 1.69. The van der Waals surface area contributed by atoms with Crippen molar-refractivity contribution in [2.45, 2.75) is 19.1 Å². The van der Waals surface area contributed by atoms with E-state index in [9.17, 15) is 4.79 Å². The molecule has 0 fully saturated rings. The molecule has 0 N–H and O–H groups in total. The number of amides is 1. The standard InChI is InChI=1S/C20H19NO4S/c22-20(19-14-24-17-7-1-2-8-18(17)25-19)21(13-15-5-3-11-23-15)10-9-16-6-4-12-26-16/h1-8,11-12,19H,9-10,13-14H2/t19-/m0/s1. The van der Waals surface area contributed by atoms with Crippen LogP contribution in [0.1, 0.15) is 10.6 Å². The molecule has 26 heavy (non-hydrogen) atoms. The van der Waals surface area contributed by atoms with Gasteiger partial charge in [0.1, 0.15) is 12.4 Å². The number of para-hydroxylation sites is 2. The Kier molecular flexibility index (Phi) is 4.93. The second-order valence-electron chi connectivity index (χ2n) is 6.03. The van der Waals surface area contributed by atoms with E-state index in [1.165, 1.54) is 4.88 Å². The van der Waals surface area contributed by atoms with Crippen LogP contribution >= 0.6 is 11.3 Å². The van der Waals surface area contributed by atoms with Gasteiger partial charge in [0.15, 0.2) is 11.5 Å². The van der Waals surface area contributed by atoms with E-state index in [0.717, 1.165) is 12.2 Å². The molecule has 0 radical (unpaired) electrons. The first kappa shape index (κ1) is 16.7. The zero-order chi connectivity index (χ0) is 17.8. The molecule has 3 aromatic rings. The summed E-state index contributed by atoms with van der Waals surface area (Å²) in [7, 11) is 0. The average molecular weight is 369 g/mol. The Morgan fingerprint density at radius 1 is 1.12 bits per heavy atom. The second-order valence-corrected chi connectivity index (χ2v) is 7.06. The molecular formula is C20H19NO4S. The fourth-order valence-corrected chi connectivity index (χ4v) is 3.60. The number of carbonyl (C=O) groups is 1. The molecular weight excluding hydrogens is 350 g/mol. The zero-order valence-corrected chi connectivity index (χ0v) is 15.0. The van der Waals surface area contributed by atoms with Crippen LogP contribution in [0.4, 0.5) is 0 Å². The molecule has 4 rings (SSSR count). The van der Waals surface area contributed by atoms with Crippen molar-refractivity contribution in [3.63, 3.8) is 0 Å². The number of fused-ring (bicyclic) bond motifs is 1. The quantitative estimate of drug-likeness (QED) is 0.664. The third-order valence-electron chi connectivity index (χ3n) is 4.23. The molecule has 1 aromatic carbocycles. The molecule has 1 aliphatic rings. The summed E-state index contributed by atoms with van der Waals surface area (Å²) in [6, 6.07) is 15.2. The summed E-state index contributed by atoms with van der Waals surface area (Å²) in [6.07, 6.45) is 1.77. The van der Waals surface area contributed by atoms with Gasteiger partial charge in [0.2, 0.25) is 6.10 Å². The molecule has 0 bridgehead atoms. The van der Waals surface area contributed by atoms with Crippen LogP contribution in [0.5, 0.6) is 11.5 Å². The third-order valence-corrected chi connectivity index (χ3v) is 5.17. The van der Waals surface area contributed by atoms with Gasteiger partial charge in [0.05, 0.1) is 12.8 Å². The van der Waals surface area contributed by atoms with E-state index in [1.54, 1.807) is 22.5 Å². The Balaban J connectivity index is 1.48. The molecule has 3 heterocycles. The number of furan rings is 1. The molecule has 134 valence electrons. The van der Waals surface area contributed by atoms with Crippen molar-refractivity contribution in [3.05, 3.63) is 70.8 Å². The van der Waals surface area contributed by atoms with E-state index < -0.39 is 6.10 Å². The summed E-state index contributed by atoms with van der Waals surface area (Å²) in [5.41, 5.74) is 0. The van der Waals surface area contributed by atoms with Crippen LogP contribution in [0.15, 0.2) is 64.6 Å². The lowest BCUT2D eigenvalue weighted by Gasteiger charge is -2.30. The first-order valence-corrected chi connectivity index (χ1v) is 9.39. The first-order chi connectivity index (χ1) is 12.8. The van der Waals surface area contributed by atoms with Crippen LogP contribution in [-0.2, 0) is 17.8 Å². The highest BCUT2D eigenvalue weighted by Crippen LogP contribution is 2.31. The highest BCUT2D eigenvalue weighted by molar-refractivity contribution is 7.09. The van der Waals surface area contributed by atoms with Crippen LogP contribution < -0.4 is 9.47 Å². The van der Waals surface area contributed by atoms with Gasteiger partial charge in [-0.3, -0.25) is 4.79 Å². The maximum atomic E-state index is 13.1. The van der Waals surface area contributed by atoms with Gasteiger partial charge in [0, 0.05) is 11.4 Å². The van der Waals surface area contributed by atoms with Gasteiger partial charge in [-0.05, 0) is 42.1 Å². The Morgan fingerprint density at radius 2 is 2.00 bits per heavy atom. The lowest BCUT2D eigenvalue weighted by molar-refractivity contribution is -0.142. The molecule has 0 aliphatic carbocycles. The van der Waals surface area contributed by atoms with Crippen molar-refractivity contribution in [3.8, 4) is 11.5 Å². The van der Waals surface area contributed by atoms with Gasteiger partial charge in [-0.1, -0.05) is 18.2 Å². The van der Waals surface area contributed by atoms with Crippen LogP contribution in [0.3, 0.4) is 0 Å². The van der Waals surface area contributed by atoms with Crippen LogP contribution in [0.2, 0.25) is 0 Å². The maximum Gasteiger partial charge on any atom is 0.267 e. The highest BCUT2D eigenvalue weighted by atomic mass is 32.1. The number of carbonyl (C=O) groups excluding carboxylic acids is 1. The van der Waals surface area contributed by atoms with Crippen molar-refractivity contribution < 1.29 is 18.7 Å². The van der Waals surface area contributed by atoms with Crippen LogP contribution in [0, 0.1) is 0 Å². The minimum Gasteiger partial charge on any atom is -0.485 e. The third kappa shape index (κ3) is 3.75. The molecule has 0 spiro atoms. The van der Waals surface area contributed by atoms with E-state index in [-0.39, 0.29) is 12.5 Å². The van der Waals surface area contributed by atoms with Gasteiger partial charge in [-0.2, -0.15) is 0 Å². The van der Waals surface area contributed by atoms with Crippen LogP contribution in [0.25, 0.3) is 0 Å². The summed E-state index contributed by atoms with van der Waals surface area (Å²) in [6.45, 7) is 1.23. The number of hydrogen-bond acceptors (Lipinski definition) is 5. The zero-order valence-electron chi connectivity index (χ0n) is 14.2. The van der Waals surface area contributed by atoms with Crippen LogP contribution in [-0.4, -0.2) is 30.1 Å². The second kappa shape index (κ2) is 7.66. The van der Waals surface area contributed by atoms with Crippen molar-refractivity contribution in [2.24, 2.45) is 0 Å². The SMILES string of the molecule is O=C([C@@H]1COc2ccccc2O1)N(CCc1cccs1)Cc1ccco1. The summed E-state index contributed by atoms with van der Waals surface area (Å²) in [5, 5.41) is 2.04. The van der Waals surface area contributed by atoms with E-state index in [1.807, 2.05) is 47.8 Å². The molecule has 1 amide bonds.